The largest absolute Gasteiger partial charge is 0.478 e. The first kappa shape index (κ1) is 72.6. The molecule has 6 aromatic rings. The minimum absolute atomic E-state index is 0.0989. The number of halogens is 3. The lowest BCUT2D eigenvalue weighted by molar-refractivity contribution is 0.0696. The van der Waals surface area contributed by atoms with E-state index in [9.17, 15) is 21.6 Å². The van der Waals surface area contributed by atoms with Crippen LogP contribution < -0.4 is 0 Å². The predicted octanol–water partition coefficient (Wildman–Crippen LogP) is 13.9. The highest BCUT2D eigenvalue weighted by atomic mass is 127. The van der Waals surface area contributed by atoms with Crippen molar-refractivity contribution in [2.45, 2.75) is 114 Å². The molecule has 0 bridgehead atoms. The van der Waals surface area contributed by atoms with E-state index in [0.29, 0.717) is 44.5 Å². The third-order valence-electron chi connectivity index (χ3n) is 11.4. The van der Waals surface area contributed by atoms with Gasteiger partial charge >= 0.3 is 5.97 Å². The minimum Gasteiger partial charge on any atom is -0.478 e. The molecule has 0 spiro atoms. The van der Waals surface area contributed by atoms with Crippen LogP contribution in [0.1, 0.15) is 73.3 Å². The number of carboxylic acid groups (broad SMARTS) is 1. The Bertz CT molecular complexity index is 3380. The first-order valence-electron chi connectivity index (χ1n) is 26.6. The summed E-state index contributed by atoms with van der Waals surface area (Å²) in [6.07, 6.45) is 7.40. The van der Waals surface area contributed by atoms with Crippen molar-refractivity contribution >= 4 is 112 Å². The Morgan fingerprint density at radius 3 is 1.06 bits per heavy atom. The summed E-state index contributed by atoms with van der Waals surface area (Å²) in [4.78, 5) is 10.3. The van der Waals surface area contributed by atoms with E-state index in [1.807, 2.05) is 97.1 Å². The summed E-state index contributed by atoms with van der Waals surface area (Å²) < 4.78 is 57.8. The van der Waals surface area contributed by atoms with Gasteiger partial charge in [-0.1, -0.05) is 159 Å². The van der Waals surface area contributed by atoms with Crippen LogP contribution in [-0.4, -0.2) is 86.1 Å². The fraction of sp³-hybridized carbons (Fsp3) is 0.308. The molecule has 2 aliphatic rings. The number of alkyl halides is 1. The van der Waals surface area contributed by atoms with Crippen LogP contribution in [0, 0.1) is 53.9 Å². The number of hydrogen-bond donors (Lipinski definition) is 3. The second-order valence-corrected chi connectivity index (χ2v) is 43.3. The minimum atomic E-state index is -3.35. The average molecular weight is 1500 g/mol. The van der Waals surface area contributed by atoms with E-state index in [1.165, 1.54) is 9.13 Å². The van der Waals surface area contributed by atoms with Gasteiger partial charge in [0.1, 0.15) is 24.2 Å². The monoisotopic (exact) mass is 1500 g/mol. The molecule has 2 saturated heterocycles. The summed E-state index contributed by atoms with van der Waals surface area (Å²) >= 11 is 7.78. The lowest BCUT2D eigenvalue weighted by atomic mass is 10.1. The van der Waals surface area contributed by atoms with Gasteiger partial charge in [0.25, 0.3) is 20.2 Å². The van der Waals surface area contributed by atoms with Crippen molar-refractivity contribution in [3.8, 4) is 46.7 Å². The number of aliphatic hydroxyl groups is 2. The zero-order chi connectivity index (χ0) is 61.9. The molecule has 2 fully saturated rings. The summed E-state index contributed by atoms with van der Waals surface area (Å²) in [5.74, 6) is 11.2. The molecule has 18 heteroatoms. The number of carboxylic acids is 1. The predicted molar refractivity (Wildman–Crippen MR) is 368 cm³/mol. The third-order valence-corrected chi connectivity index (χ3v) is 19.5. The Kier molecular flexibility index (Phi) is 31.3. The van der Waals surface area contributed by atoms with Gasteiger partial charge in [0, 0.05) is 34.7 Å². The summed E-state index contributed by atoms with van der Waals surface area (Å²) in [6, 6.07) is 45.9. The summed E-state index contributed by atoms with van der Waals surface area (Å²) in [6.45, 7) is 20.9. The molecule has 0 aromatic heterocycles. The van der Waals surface area contributed by atoms with Crippen LogP contribution >= 0.6 is 61.1 Å². The molecule has 2 unspecified atom stereocenters. The molecular weight excluding hydrogens is 1420 g/mol. The van der Waals surface area contributed by atoms with E-state index in [-0.39, 0.29) is 13.2 Å². The molecule has 0 aliphatic carbocycles. The van der Waals surface area contributed by atoms with Gasteiger partial charge in [-0.05, 0) is 184 Å². The molecule has 3 N–H and O–H groups in total. The zero-order valence-electron chi connectivity index (χ0n) is 48.6. The van der Waals surface area contributed by atoms with Gasteiger partial charge in [0.15, 0.2) is 0 Å². The molecule has 440 valence electrons. The number of terminal acetylenes is 1. The normalized spacial score (nSPS) is 15.2. The molecule has 8 rings (SSSR count). The first-order chi connectivity index (χ1) is 38.9. The van der Waals surface area contributed by atoms with Gasteiger partial charge in [-0.2, -0.15) is 16.8 Å². The Hall–Kier alpha value is -4.64. The van der Waals surface area contributed by atoms with Crippen molar-refractivity contribution in [2.75, 3.05) is 13.2 Å². The van der Waals surface area contributed by atoms with Gasteiger partial charge < -0.3 is 15.3 Å². The van der Waals surface area contributed by atoms with Crippen molar-refractivity contribution < 1.29 is 45.3 Å². The average Bonchev–Trinajstić information content (AvgIpc) is 4.14. The van der Waals surface area contributed by atoms with E-state index in [1.54, 1.807) is 24.3 Å². The third kappa shape index (κ3) is 30.8. The first-order valence-corrected chi connectivity index (χ1v) is 43.3. The highest BCUT2D eigenvalue weighted by Gasteiger charge is 2.33. The molecule has 2 atom stereocenters. The van der Waals surface area contributed by atoms with Crippen LogP contribution in [0.3, 0.4) is 0 Å². The molecule has 6 aromatic carbocycles. The lowest BCUT2D eigenvalue weighted by Gasteiger charge is -2.07. The Balaban J connectivity index is 0.000000266. The Morgan fingerprint density at radius 1 is 0.506 bits per heavy atom. The van der Waals surface area contributed by atoms with Crippen LogP contribution in [-0.2, 0) is 60.0 Å². The van der Waals surface area contributed by atoms with Gasteiger partial charge in [-0.15, -0.1) is 23.1 Å². The topological polar surface area (TPSA) is 164 Å². The second kappa shape index (κ2) is 35.7. The van der Waals surface area contributed by atoms with Crippen molar-refractivity contribution in [1.29, 1.82) is 0 Å². The summed E-state index contributed by atoms with van der Waals surface area (Å²) in [5, 5.41) is 26.1. The van der Waals surface area contributed by atoms with Crippen LogP contribution in [0.4, 0.5) is 0 Å². The second-order valence-electron chi connectivity index (χ2n) is 22.2. The van der Waals surface area contributed by atoms with E-state index >= 15 is 0 Å². The van der Waals surface area contributed by atoms with Crippen molar-refractivity contribution in [2.24, 2.45) is 0 Å². The number of hydrogen-bond acceptors (Lipinski definition) is 9. The van der Waals surface area contributed by atoms with Gasteiger partial charge in [0.05, 0.1) is 42.5 Å². The summed E-state index contributed by atoms with van der Waals surface area (Å²) in [5.41, 5.74) is 19.4. The SMILES string of the molecule is C#Cc1ccc(CC2CCOS2(=O)=O)cc1.C[Si](C)(C)C#Cc1ccc(CBr)cc1.C[Si](C)(C)C#Cc1ccc(CC2CCOS2(=O)=O)cc1.C[Si](C)(C)C#Cc1ccc(CO)cc1.O=C(O)c1ccc(I)cc1.OCc1ccc(I)cc1. The van der Waals surface area contributed by atoms with E-state index < -0.39 is 60.9 Å². The fourth-order valence-corrected chi connectivity index (χ4v) is 12.1. The maximum atomic E-state index is 11.6. The van der Waals surface area contributed by atoms with Crippen molar-refractivity contribution in [3.05, 3.63) is 208 Å². The highest BCUT2D eigenvalue weighted by Crippen LogP contribution is 2.23. The van der Waals surface area contributed by atoms with Crippen LogP contribution in [0.5, 0.6) is 0 Å². The number of rotatable bonds is 8. The molecule has 2 heterocycles. The van der Waals surface area contributed by atoms with Gasteiger partial charge in [-0.3, -0.25) is 8.37 Å². The van der Waals surface area contributed by atoms with Crippen LogP contribution in [0.25, 0.3) is 0 Å². The molecule has 0 radical (unpaired) electrons. The van der Waals surface area contributed by atoms with Crippen LogP contribution in [0.2, 0.25) is 58.9 Å². The van der Waals surface area contributed by atoms with Gasteiger partial charge in [0.2, 0.25) is 0 Å². The molecule has 0 saturated carbocycles. The number of carbonyl (C=O) groups is 1. The molecule has 83 heavy (non-hydrogen) atoms. The zero-order valence-corrected chi connectivity index (χ0v) is 59.1. The molecule has 0 amide bonds. The van der Waals surface area contributed by atoms with E-state index in [0.717, 1.165) is 53.4 Å². The number of aromatic carboxylic acids is 1. The molecule has 10 nitrogen and oxygen atoms in total. The molecular formula is C65H75BrI2O10S2Si3. The maximum absolute atomic E-state index is 11.6. The maximum Gasteiger partial charge on any atom is 0.335 e. The van der Waals surface area contributed by atoms with Crippen molar-refractivity contribution in [1.82, 2.24) is 0 Å². The quantitative estimate of drug-likeness (QED) is 0.0439. The standard InChI is InChI=1S/C15H20O3SSi.C12H15BrSi.C12H12O3S.C12H16OSi.C7H5IO2.C7H7IO/c1-20(2,3)11-9-13-4-6-14(7-5-13)12-15-8-10-18-19(15,16)17;1-14(2,3)9-8-11-4-6-12(10-13)7-5-11;1-2-10-3-5-11(6-4-10)9-12-7-8-15-16(12,13)14;1-14(2,3)9-8-11-4-6-12(10-13)7-5-11;8-6-3-1-5(2-4-6)7(9)10;8-7-3-1-6(5-9)2-4-7/h4-7,15H,8,10,12H2,1-3H3;4-7H,10H2,1-3H3;1,3-6,12H,7-9H2;4-7,13H,10H2,1-3H3;1-4H,(H,9,10);1-4,9H,5H2. The fourth-order valence-electron chi connectivity index (χ4n) is 6.80. The smallest absolute Gasteiger partial charge is 0.335 e. The van der Waals surface area contributed by atoms with Crippen molar-refractivity contribution in [3.63, 3.8) is 0 Å². The Morgan fingerprint density at radius 2 is 0.795 bits per heavy atom. The summed E-state index contributed by atoms with van der Waals surface area (Å²) in [7, 11) is -10.6. The van der Waals surface area contributed by atoms with E-state index in [2.05, 4.69) is 185 Å². The van der Waals surface area contributed by atoms with E-state index in [4.69, 9.17) is 30.1 Å². The Labute approximate surface area is 533 Å². The van der Waals surface area contributed by atoms with Crippen LogP contribution in [0.15, 0.2) is 146 Å². The lowest BCUT2D eigenvalue weighted by Crippen LogP contribution is -2.17. The highest BCUT2D eigenvalue weighted by molar-refractivity contribution is 14.1. The van der Waals surface area contributed by atoms with Gasteiger partial charge in [-0.25, -0.2) is 4.79 Å². The molecule has 2 aliphatic heterocycles. The number of benzene rings is 6. The number of aliphatic hydroxyl groups excluding tert-OH is 2.